The van der Waals surface area contributed by atoms with Crippen LogP contribution >= 0.6 is 22.6 Å². The van der Waals surface area contributed by atoms with Gasteiger partial charge in [-0.15, -0.1) is 0 Å². The molecule has 1 rings (SSSR count). The van der Waals surface area contributed by atoms with E-state index in [9.17, 15) is 5.11 Å². The van der Waals surface area contributed by atoms with Crippen molar-refractivity contribution < 1.29 is 5.11 Å². The lowest BCUT2D eigenvalue weighted by Gasteiger charge is -2.14. The maximum atomic E-state index is 9.69. The summed E-state index contributed by atoms with van der Waals surface area (Å²) in [6.07, 6.45) is 7.15. The summed E-state index contributed by atoms with van der Waals surface area (Å²) in [6, 6.07) is 0. The van der Waals surface area contributed by atoms with Gasteiger partial charge in [-0.2, -0.15) is 0 Å². The van der Waals surface area contributed by atoms with E-state index in [1.54, 1.807) is 0 Å². The normalized spacial score (nSPS) is 23.2. The van der Waals surface area contributed by atoms with Crippen LogP contribution in [0.4, 0.5) is 0 Å². The van der Waals surface area contributed by atoms with Crippen LogP contribution in [0.3, 0.4) is 0 Å². The largest absolute Gasteiger partial charge is 0.389 e. The van der Waals surface area contributed by atoms with Crippen molar-refractivity contribution >= 4 is 22.6 Å². The predicted octanol–water partition coefficient (Wildman–Crippen LogP) is 2.90. The van der Waals surface area contributed by atoms with Gasteiger partial charge in [0.15, 0.2) is 0 Å². The van der Waals surface area contributed by atoms with Crippen LogP contribution in [0.1, 0.15) is 45.4 Å². The Hall–Kier alpha value is 0.690. The highest BCUT2D eigenvalue weighted by Crippen LogP contribution is 2.43. The van der Waals surface area contributed by atoms with Gasteiger partial charge in [-0.3, -0.25) is 0 Å². The van der Waals surface area contributed by atoms with Crippen molar-refractivity contribution in [3.8, 4) is 0 Å². The molecule has 66 valence electrons. The van der Waals surface area contributed by atoms with E-state index in [0.29, 0.717) is 3.92 Å². The summed E-state index contributed by atoms with van der Waals surface area (Å²) in [4.78, 5) is 0. The van der Waals surface area contributed by atoms with Crippen LogP contribution in [0.15, 0.2) is 0 Å². The number of hydrogen-bond acceptors (Lipinski definition) is 1. The molecular formula is C9H17IO. The van der Waals surface area contributed by atoms with Crippen molar-refractivity contribution in [3.05, 3.63) is 0 Å². The first-order valence-corrected chi connectivity index (χ1v) is 5.80. The molecule has 1 saturated carbocycles. The quantitative estimate of drug-likeness (QED) is 0.462. The number of rotatable bonds is 5. The molecule has 0 radical (unpaired) electrons. The van der Waals surface area contributed by atoms with Gasteiger partial charge in [0.05, 0.1) is 5.60 Å². The van der Waals surface area contributed by atoms with E-state index in [1.807, 2.05) is 0 Å². The summed E-state index contributed by atoms with van der Waals surface area (Å²) in [6.45, 7) is 2.22. The smallest absolute Gasteiger partial charge is 0.0767 e. The van der Waals surface area contributed by atoms with Crippen LogP contribution in [-0.2, 0) is 0 Å². The maximum Gasteiger partial charge on any atom is 0.0767 e. The molecule has 0 amide bonds. The third kappa shape index (κ3) is 2.90. The van der Waals surface area contributed by atoms with Crippen molar-refractivity contribution in [1.29, 1.82) is 0 Å². The number of alkyl halides is 1. The van der Waals surface area contributed by atoms with Crippen LogP contribution in [-0.4, -0.2) is 14.6 Å². The number of halogens is 1. The minimum Gasteiger partial charge on any atom is -0.389 e. The van der Waals surface area contributed by atoms with Crippen LogP contribution in [0, 0.1) is 0 Å². The molecule has 0 aliphatic heterocycles. The van der Waals surface area contributed by atoms with Crippen LogP contribution in [0.25, 0.3) is 0 Å². The van der Waals surface area contributed by atoms with Crippen molar-refractivity contribution in [3.63, 3.8) is 0 Å². The lowest BCUT2D eigenvalue weighted by atomic mass is 10.1. The molecule has 0 bridgehead atoms. The van der Waals surface area contributed by atoms with Gasteiger partial charge in [-0.05, 0) is 19.3 Å². The standard InChI is InChI=1S/C9H17IO/c1-2-3-4-5-8(10)9(11)6-7-9/h8,11H,2-7H2,1H3. The Bertz CT molecular complexity index is 121. The summed E-state index contributed by atoms with van der Waals surface area (Å²) >= 11 is 2.40. The van der Waals surface area contributed by atoms with Crippen molar-refractivity contribution in [2.75, 3.05) is 0 Å². The fourth-order valence-electron chi connectivity index (χ4n) is 1.28. The molecule has 0 aromatic rings. The van der Waals surface area contributed by atoms with Gasteiger partial charge in [0, 0.05) is 3.92 Å². The Balaban J connectivity index is 2.06. The lowest BCUT2D eigenvalue weighted by Crippen LogP contribution is -2.21. The molecule has 1 aliphatic carbocycles. The monoisotopic (exact) mass is 268 g/mol. The molecule has 0 saturated heterocycles. The first kappa shape index (κ1) is 9.78. The second kappa shape index (κ2) is 4.08. The minimum atomic E-state index is -0.256. The summed E-state index contributed by atoms with van der Waals surface area (Å²) in [5.41, 5.74) is -0.256. The molecule has 1 atom stereocenters. The third-order valence-corrected chi connectivity index (χ3v) is 4.19. The lowest BCUT2D eigenvalue weighted by molar-refractivity contribution is 0.148. The summed E-state index contributed by atoms with van der Waals surface area (Å²) in [5.74, 6) is 0. The zero-order valence-electron chi connectivity index (χ0n) is 7.15. The van der Waals surface area contributed by atoms with Gasteiger partial charge in [0.1, 0.15) is 0 Å². The fourth-order valence-corrected chi connectivity index (χ4v) is 2.35. The minimum absolute atomic E-state index is 0.256. The predicted molar refractivity (Wildman–Crippen MR) is 56.1 cm³/mol. The van der Waals surface area contributed by atoms with Crippen LogP contribution < -0.4 is 0 Å². The van der Waals surface area contributed by atoms with Crippen molar-refractivity contribution in [2.24, 2.45) is 0 Å². The Morgan fingerprint density at radius 1 is 1.45 bits per heavy atom. The zero-order valence-corrected chi connectivity index (χ0v) is 9.30. The molecule has 1 nitrogen and oxygen atoms in total. The van der Waals surface area contributed by atoms with Crippen LogP contribution in [0.2, 0.25) is 0 Å². The molecule has 11 heavy (non-hydrogen) atoms. The highest BCUT2D eigenvalue weighted by atomic mass is 127. The fraction of sp³-hybridized carbons (Fsp3) is 1.00. The first-order chi connectivity index (χ1) is 5.19. The molecule has 2 heteroatoms. The molecule has 1 N–H and O–H groups in total. The van der Waals surface area contributed by atoms with Gasteiger partial charge in [-0.25, -0.2) is 0 Å². The second-order valence-corrected chi connectivity index (χ2v) is 5.07. The first-order valence-electron chi connectivity index (χ1n) is 4.55. The average molecular weight is 268 g/mol. The average Bonchev–Trinajstić information content (AvgIpc) is 2.70. The number of unbranched alkanes of at least 4 members (excludes halogenated alkanes) is 2. The van der Waals surface area contributed by atoms with Crippen LogP contribution in [0.5, 0.6) is 0 Å². The molecule has 0 heterocycles. The van der Waals surface area contributed by atoms with Gasteiger partial charge in [-0.1, -0.05) is 48.8 Å². The van der Waals surface area contributed by atoms with E-state index >= 15 is 0 Å². The van der Waals surface area contributed by atoms with E-state index < -0.39 is 0 Å². The van der Waals surface area contributed by atoms with Gasteiger partial charge in [0.25, 0.3) is 0 Å². The van der Waals surface area contributed by atoms with E-state index in [2.05, 4.69) is 29.5 Å². The summed E-state index contributed by atoms with van der Waals surface area (Å²) in [7, 11) is 0. The molecule has 1 fully saturated rings. The maximum absolute atomic E-state index is 9.69. The number of hydrogen-bond donors (Lipinski definition) is 1. The Morgan fingerprint density at radius 2 is 2.09 bits per heavy atom. The van der Waals surface area contributed by atoms with E-state index in [1.165, 1.54) is 25.7 Å². The van der Waals surface area contributed by atoms with Gasteiger partial charge >= 0.3 is 0 Å². The Kier molecular flexibility index (Phi) is 3.62. The summed E-state index contributed by atoms with van der Waals surface area (Å²) < 4.78 is 0.506. The molecule has 1 aliphatic rings. The van der Waals surface area contributed by atoms with Crippen molar-refractivity contribution in [1.82, 2.24) is 0 Å². The van der Waals surface area contributed by atoms with E-state index in [0.717, 1.165) is 12.8 Å². The Labute approximate surface area is 82.7 Å². The molecular weight excluding hydrogens is 251 g/mol. The van der Waals surface area contributed by atoms with Gasteiger partial charge < -0.3 is 5.11 Å². The topological polar surface area (TPSA) is 20.2 Å². The number of aliphatic hydroxyl groups is 1. The molecule has 0 spiro atoms. The SMILES string of the molecule is CCCCCC(I)C1(O)CC1. The van der Waals surface area contributed by atoms with Crippen molar-refractivity contribution in [2.45, 2.75) is 55.0 Å². The highest BCUT2D eigenvalue weighted by molar-refractivity contribution is 14.1. The molecule has 0 aromatic carbocycles. The highest BCUT2D eigenvalue weighted by Gasteiger charge is 2.45. The second-order valence-electron chi connectivity index (χ2n) is 3.57. The molecule has 1 unspecified atom stereocenters. The van der Waals surface area contributed by atoms with Gasteiger partial charge in [0.2, 0.25) is 0 Å². The third-order valence-electron chi connectivity index (χ3n) is 2.41. The van der Waals surface area contributed by atoms with E-state index in [-0.39, 0.29) is 5.60 Å². The molecule has 0 aromatic heterocycles. The zero-order chi connectivity index (χ0) is 8.32. The Morgan fingerprint density at radius 3 is 2.55 bits per heavy atom. The van der Waals surface area contributed by atoms with E-state index in [4.69, 9.17) is 0 Å². The summed E-state index contributed by atoms with van der Waals surface area (Å²) in [5, 5.41) is 9.69.